The molecule has 1 aromatic carbocycles. The molecule has 1 aromatic rings. The van der Waals surface area contributed by atoms with Crippen molar-refractivity contribution < 1.29 is 5.11 Å². The number of aromatic hydroxyl groups is 1. The van der Waals surface area contributed by atoms with Gasteiger partial charge in [0.2, 0.25) is 0 Å². The number of benzene rings is 1. The maximum absolute atomic E-state index is 9.04. The molecule has 3 heteroatoms. The van der Waals surface area contributed by atoms with E-state index in [9.17, 15) is 0 Å². The van der Waals surface area contributed by atoms with Crippen LogP contribution in [0.3, 0.4) is 0 Å². The maximum Gasteiger partial charge on any atom is 0.134 e. The number of phenols is 1. The van der Waals surface area contributed by atoms with Crippen LogP contribution in [0.4, 0.5) is 0 Å². The van der Waals surface area contributed by atoms with Crippen LogP contribution in [0.15, 0.2) is 18.2 Å². The molecule has 10 heavy (non-hydrogen) atoms. The standard InChI is InChI=1S/C7H6Cl2O/c8-4-5-2-1-3-6(10)7(5)9/h1-3,10H,4H2. The first kappa shape index (κ1) is 7.70. The molecule has 54 valence electrons. The molecular formula is C7H6Cl2O. The van der Waals surface area contributed by atoms with Gasteiger partial charge in [0, 0.05) is 5.88 Å². The third kappa shape index (κ3) is 1.36. The third-order valence-electron chi connectivity index (χ3n) is 1.20. The predicted octanol–water partition coefficient (Wildman–Crippen LogP) is 2.78. The van der Waals surface area contributed by atoms with Gasteiger partial charge in [0.25, 0.3) is 0 Å². The number of hydrogen-bond acceptors (Lipinski definition) is 1. The number of halogens is 2. The summed E-state index contributed by atoms with van der Waals surface area (Å²) in [6.45, 7) is 0. The van der Waals surface area contributed by atoms with Gasteiger partial charge in [-0.15, -0.1) is 11.6 Å². The zero-order valence-corrected chi connectivity index (χ0v) is 6.65. The van der Waals surface area contributed by atoms with Crippen molar-refractivity contribution in [3.8, 4) is 5.75 Å². The van der Waals surface area contributed by atoms with Gasteiger partial charge < -0.3 is 5.11 Å². The Bertz CT molecular complexity index is 235. The Morgan fingerprint density at radius 2 is 2.10 bits per heavy atom. The van der Waals surface area contributed by atoms with Gasteiger partial charge in [-0.25, -0.2) is 0 Å². The molecule has 1 rings (SSSR count). The molecule has 0 spiro atoms. The molecule has 0 heterocycles. The molecule has 0 saturated carbocycles. The molecule has 1 nitrogen and oxygen atoms in total. The minimum atomic E-state index is 0.0832. The van der Waals surface area contributed by atoms with Crippen molar-refractivity contribution in [2.24, 2.45) is 0 Å². The number of alkyl halides is 1. The van der Waals surface area contributed by atoms with Crippen LogP contribution in [0.1, 0.15) is 5.56 Å². The molecule has 0 aliphatic carbocycles. The molecule has 0 aliphatic rings. The van der Waals surface area contributed by atoms with Crippen LogP contribution in [0, 0.1) is 0 Å². The van der Waals surface area contributed by atoms with Gasteiger partial charge in [-0.05, 0) is 11.6 Å². The average molecular weight is 177 g/mol. The van der Waals surface area contributed by atoms with Crippen LogP contribution in [0.25, 0.3) is 0 Å². The third-order valence-corrected chi connectivity index (χ3v) is 1.93. The molecule has 0 bridgehead atoms. The monoisotopic (exact) mass is 176 g/mol. The average Bonchev–Trinajstić information content (AvgIpc) is 1.95. The van der Waals surface area contributed by atoms with Crippen LogP contribution in [-0.4, -0.2) is 5.11 Å². The summed E-state index contributed by atoms with van der Waals surface area (Å²) in [6, 6.07) is 5.01. The summed E-state index contributed by atoms with van der Waals surface area (Å²) in [5.41, 5.74) is 0.753. The van der Waals surface area contributed by atoms with E-state index >= 15 is 0 Å². The van der Waals surface area contributed by atoms with Crippen molar-refractivity contribution in [2.75, 3.05) is 0 Å². The Kier molecular flexibility index (Phi) is 2.41. The van der Waals surface area contributed by atoms with E-state index in [1.807, 2.05) is 0 Å². The van der Waals surface area contributed by atoms with E-state index in [1.165, 1.54) is 6.07 Å². The van der Waals surface area contributed by atoms with Crippen LogP contribution < -0.4 is 0 Å². The number of rotatable bonds is 1. The maximum atomic E-state index is 9.04. The molecule has 0 saturated heterocycles. The molecule has 0 atom stereocenters. The summed E-state index contributed by atoms with van der Waals surface area (Å²) >= 11 is 11.2. The molecule has 0 radical (unpaired) electrons. The summed E-state index contributed by atoms with van der Waals surface area (Å²) < 4.78 is 0. The van der Waals surface area contributed by atoms with Gasteiger partial charge >= 0.3 is 0 Å². The molecule has 0 unspecified atom stereocenters. The SMILES string of the molecule is Oc1cccc(CCl)c1Cl. The quantitative estimate of drug-likeness (QED) is 0.654. The number of phenolic OH excluding ortho intramolecular Hbond substituents is 1. The van der Waals surface area contributed by atoms with E-state index in [4.69, 9.17) is 28.3 Å². The summed E-state index contributed by atoms with van der Waals surface area (Å²) in [6.07, 6.45) is 0. The lowest BCUT2D eigenvalue weighted by Crippen LogP contribution is -1.78. The number of hydrogen-bond donors (Lipinski definition) is 1. The lowest BCUT2D eigenvalue weighted by atomic mass is 10.2. The first-order valence-electron chi connectivity index (χ1n) is 2.78. The highest BCUT2D eigenvalue weighted by atomic mass is 35.5. The summed E-state index contributed by atoms with van der Waals surface area (Å²) in [5, 5.41) is 9.39. The van der Waals surface area contributed by atoms with Gasteiger partial charge in [0.05, 0.1) is 5.02 Å². The fourth-order valence-corrected chi connectivity index (χ4v) is 1.15. The Morgan fingerprint density at radius 3 is 2.60 bits per heavy atom. The zero-order valence-electron chi connectivity index (χ0n) is 5.14. The van der Waals surface area contributed by atoms with E-state index in [-0.39, 0.29) is 5.75 Å². The van der Waals surface area contributed by atoms with Crippen molar-refractivity contribution in [1.82, 2.24) is 0 Å². The highest BCUT2D eigenvalue weighted by molar-refractivity contribution is 6.33. The van der Waals surface area contributed by atoms with Crippen LogP contribution in [0.2, 0.25) is 5.02 Å². The topological polar surface area (TPSA) is 20.2 Å². The minimum Gasteiger partial charge on any atom is -0.506 e. The summed E-state index contributed by atoms with van der Waals surface area (Å²) in [5.74, 6) is 0.410. The van der Waals surface area contributed by atoms with Crippen LogP contribution >= 0.6 is 23.2 Å². The second-order valence-corrected chi connectivity index (χ2v) is 2.53. The minimum absolute atomic E-state index is 0.0832. The van der Waals surface area contributed by atoms with Gasteiger partial charge in [-0.1, -0.05) is 23.7 Å². The predicted molar refractivity (Wildman–Crippen MR) is 42.7 cm³/mol. The van der Waals surface area contributed by atoms with Crippen molar-refractivity contribution in [1.29, 1.82) is 0 Å². The Morgan fingerprint density at radius 1 is 1.40 bits per heavy atom. The van der Waals surface area contributed by atoms with Gasteiger partial charge in [0.15, 0.2) is 0 Å². The van der Waals surface area contributed by atoms with E-state index < -0.39 is 0 Å². The second kappa shape index (κ2) is 3.13. The van der Waals surface area contributed by atoms with Crippen molar-refractivity contribution in [2.45, 2.75) is 5.88 Å². The van der Waals surface area contributed by atoms with Crippen LogP contribution in [0.5, 0.6) is 5.75 Å². The first-order chi connectivity index (χ1) is 4.75. The van der Waals surface area contributed by atoms with Gasteiger partial charge in [-0.2, -0.15) is 0 Å². The Hall–Kier alpha value is -0.400. The van der Waals surface area contributed by atoms with E-state index in [0.717, 1.165) is 5.56 Å². The Labute approximate surface area is 69.2 Å². The van der Waals surface area contributed by atoms with Gasteiger partial charge in [-0.3, -0.25) is 0 Å². The molecule has 0 fully saturated rings. The molecular weight excluding hydrogens is 171 g/mol. The lowest BCUT2D eigenvalue weighted by molar-refractivity contribution is 0.475. The molecule has 0 aliphatic heterocycles. The highest BCUT2D eigenvalue weighted by Crippen LogP contribution is 2.27. The van der Waals surface area contributed by atoms with E-state index in [0.29, 0.717) is 10.9 Å². The van der Waals surface area contributed by atoms with Crippen LogP contribution in [-0.2, 0) is 5.88 Å². The fraction of sp³-hybridized carbons (Fsp3) is 0.143. The van der Waals surface area contributed by atoms with Gasteiger partial charge in [0.1, 0.15) is 5.75 Å². The highest BCUT2D eigenvalue weighted by Gasteiger charge is 2.01. The summed E-state index contributed by atoms with van der Waals surface area (Å²) in [7, 11) is 0. The molecule has 0 amide bonds. The first-order valence-corrected chi connectivity index (χ1v) is 3.69. The fourth-order valence-electron chi connectivity index (χ4n) is 0.669. The van der Waals surface area contributed by atoms with Crippen molar-refractivity contribution in [3.63, 3.8) is 0 Å². The lowest BCUT2D eigenvalue weighted by Gasteiger charge is -1.99. The summed E-state index contributed by atoms with van der Waals surface area (Å²) in [4.78, 5) is 0. The second-order valence-electron chi connectivity index (χ2n) is 1.88. The zero-order chi connectivity index (χ0) is 7.56. The van der Waals surface area contributed by atoms with E-state index in [2.05, 4.69) is 0 Å². The largest absolute Gasteiger partial charge is 0.506 e. The van der Waals surface area contributed by atoms with Crippen molar-refractivity contribution >= 4 is 23.2 Å². The molecule has 1 N–H and O–H groups in total. The Balaban J connectivity index is 3.14. The smallest absolute Gasteiger partial charge is 0.134 e. The van der Waals surface area contributed by atoms with E-state index in [1.54, 1.807) is 12.1 Å². The molecule has 0 aromatic heterocycles. The normalized spacial score (nSPS) is 9.80. The van der Waals surface area contributed by atoms with Crippen molar-refractivity contribution in [3.05, 3.63) is 28.8 Å².